The van der Waals surface area contributed by atoms with Crippen LogP contribution in [0.4, 0.5) is 17.1 Å². The van der Waals surface area contributed by atoms with Crippen LogP contribution in [0.3, 0.4) is 0 Å². The van der Waals surface area contributed by atoms with Gasteiger partial charge in [-0.1, -0.05) is 42.4 Å². The molecule has 0 saturated heterocycles. The van der Waals surface area contributed by atoms with E-state index in [1.807, 2.05) is 38.1 Å². The lowest BCUT2D eigenvalue weighted by molar-refractivity contribution is -0.384. The van der Waals surface area contributed by atoms with Gasteiger partial charge in [0.25, 0.3) is 11.6 Å². The van der Waals surface area contributed by atoms with Crippen molar-refractivity contribution in [2.24, 2.45) is 0 Å². The van der Waals surface area contributed by atoms with Crippen LogP contribution in [0, 0.1) is 17.0 Å². The highest BCUT2D eigenvalue weighted by Gasteiger charge is 2.21. The normalized spacial score (nSPS) is 11.7. The van der Waals surface area contributed by atoms with Gasteiger partial charge in [-0.3, -0.25) is 19.7 Å². The molecule has 0 aliphatic carbocycles. The van der Waals surface area contributed by atoms with Crippen LogP contribution in [-0.2, 0) is 4.79 Å². The molecule has 3 aromatic carbocycles. The lowest BCUT2D eigenvalue weighted by Crippen LogP contribution is -2.24. The largest absolute Gasteiger partial charge is 0.325 e. The first-order chi connectivity index (χ1) is 16.8. The number of nitro groups is 1. The van der Waals surface area contributed by atoms with Gasteiger partial charge >= 0.3 is 0 Å². The molecule has 2 amide bonds. The summed E-state index contributed by atoms with van der Waals surface area (Å²) in [6, 6.07) is 18.7. The summed E-state index contributed by atoms with van der Waals surface area (Å²) in [5.74, 6) is -0.435. The Labute approximate surface area is 209 Å². The van der Waals surface area contributed by atoms with Crippen molar-refractivity contribution < 1.29 is 14.5 Å². The first-order valence-electron chi connectivity index (χ1n) is 10.8. The summed E-state index contributed by atoms with van der Waals surface area (Å²) in [4.78, 5) is 40.4. The van der Waals surface area contributed by atoms with Gasteiger partial charge in [-0.05, 0) is 49.7 Å². The second-order valence-corrected chi connectivity index (χ2v) is 10.3. The molecule has 4 rings (SSSR count). The number of hydrogen-bond acceptors (Lipinski definition) is 7. The molecule has 1 heterocycles. The molecule has 0 radical (unpaired) electrons. The Hall–Kier alpha value is -3.76. The van der Waals surface area contributed by atoms with E-state index in [9.17, 15) is 19.7 Å². The van der Waals surface area contributed by atoms with Crippen molar-refractivity contribution in [3.05, 3.63) is 88.0 Å². The molecular formula is C25H22N4O4S2. The summed E-state index contributed by atoms with van der Waals surface area (Å²) in [5, 5.41) is 16.2. The summed E-state index contributed by atoms with van der Waals surface area (Å²) in [5.41, 5.74) is 3.40. The smallest absolute Gasteiger partial charge is 0.271 e. The number of aromatic nitrogens is 1. The van der Waals surface area contributed by atoms with E-state index in [1.54, 1.807) is 24.3 Å². The number of amides is 2. The van der Waals surface area contributed by atoms with E-state index in [-0.39, 0.29) is 17.5 Å². The Morgan fingerprint density at radius 3 is 2.51 bits per heavy atom. The number of benzene rings is 3. The van der Waals surface area contributed by atoms with Crippen LogP contribution >= 0.6 is 23.1 Å². The molecule has 0 spiro atoms. The number of carbonyl (C=O) groups excluding carboxylic acids is 2. The monoisotopic (exact) mass is 506 g/mol. The SMILES string of the molecule is CCC(Sc1nc2ccc(NC(=O)c3ccc(C)cc3)cc2s1)C(=O)Nc1cccc([N+](=O)[O-])c1. The first kappa shape index (κ1) is 24.4. The average molecular weight is 507 g/mol. The molecule has 10 heteroatoms. The van der Waals surface area contributed by atoms with Crippen LogP contribution in [0.1, 0.15) is 29.3 Å². The van der Waals surface area contributed by atoms with E-state index >= 15 is 0 Å². The van der Waals surface area contributed by atoms with Gasteiger partial charge in [0.2, 0.25) is 5.91 Å². The number of hydrogen-bond donors (Lipinski definition) is 2. The summed E-state index contributed by atoms with van der Waals surface area (Å²) in [7, 11) is 0. The number of thiazole rings is 1. The van der Waals surface area contributed by atoms with Crippen molar-refractivity contribution in [2.45, 2.75) is 29.9 Å². The number of rotatable bonds is 8. The third-order valence-corrected chi connectivity index (χ3v) is 7.65. The minimum atomic E-state index is -0.500. The quantitative estimate of drug-likeness (QED) is 0.165. The molecule has 0 saturated carbocycles. The van der Waals surface area contributed by atoms with E-state index in [0.29, 0.717) is 23.4 Å². The number of nitrogens with one attached hydrogen (secondary N) is 2. The highest BCUT2D eigenvalue weighted by Crippen LogP contribution is 2.35. The fourth-order valence-electron chi connectivity index (χ4n) is 3.30. The topological polar surface area (TPSA) is 114 Å². The number of nitro benzene ring substituents is 1. The maximum atomic E-state index is 12.8. The van der Waals surface area contributed by atoms with Crippen molar-refractivity contribution in [3.8, 4) is 0 Å². The molecule has 2 N–H and O–H groups in total. The molecule has 4 aromatic rings. The number of thioether (sulfide) groups is 1. The third-order valence-electron chi connectivity index (χ3n) is 5.17. The Morgan fingerprint density at radius 2 is 1.80 bits per heavy atom. The van der Waals surface area contributed by atoms with Crippen LogP contribution in [0.25, 0.3) is 10.2 Å². The molecule has 8 nitrogen and oxygen atoms in total. The van der Waals surface area contributed by atoms with E-state index < -0.39 is 10.2 Å². The Bertz CT molecular complexity index is 1400. The molecular weight excluding hydrogens is 484 g/mol. The van der Waals surface area contributed by atoms with Gasteiger partial charge in [0.1, 0.15) is 0 Å². The number of non-ortho nitro benzene ring substituents is 1. The second kappa shape index (κ2) is 10.7. The highest BCUT2D eigenvalue weighted by molar-refractivity contribution is 8.02. The van der Waals surface area contributed by atoms with Gasteiger partial charge in [-0.2, -0.15) is 0 Å². The lowest BCUT2D eigenvalue weighted by atomic mass is 10.1. The van der Waals surface area contributed by atoms with Crippen molar-refractivity contribution in [3.63, 3.8) is 0 Å². The average Bonchev–Trinajstić information content (AvgIpc) is 3.24. The molecule has 35 heavy (non-hydrogen) atoms. The van der Waals surface area contributed by atoms with Crippen LogP contribution in [0.5, 0.6) is 0 Å². The van der Waals surface area contributed by atoms with Gasteiger partial charge in [-0.25, -0.2) is 4.98 Å². The lowest BCUT2D eigenvalue weighted by Gasteiger charge is -2.13. The first-order valence-corrected chi connectivity index (χ1v) is 12.5. The standard InChI is InChI=1S/C25H22N4O4S2/c1-3-21(24(31)27-17-5-4-6-19(13-17)29(32)33)34-25-28-20-12-11-18(14-22(20)35-25)26-23(30)16-9-7-15(2)8-10-16/h4-14,21H,3H2,1-2H3,(H,26,30)(H,27,31). The zero-order chi connectivity index (χ0) is 24.9. The number of aryl methyl sites for hydroxylation is 1. The highest BCUT2D eigenvalue weighted by atomic mass is 32.2. The van der Waals surface area contributed by atoms with Crippen molar-refractivity contribution in [1.82, 2.24) is 4.98 Å². The maximum absolute atomic E-state index is 12.8. The third kappa shape index (κ3) is 6.03. The number of carbonyl (C=O) groups is 2. The molecule has 0 aliphatic heterocycles. The second-order valence-electron chi connectivity index (χ2n) is 7.79. The van der Waals surface area contributed by atoms with Crippen LogP contribution in [0.2, 0.25) is 0 Å². The number of fused-ring (bicyclic) bond motifs is 1. The van der Waals surface area contributed by atoms with E-state index in [4.69, 9.17) is 0 Å². The zero-order valence-corrected chi connectivity index (χ0v) is 20.6. The summed E-state index contributed by atoms with van der Waals surface area (Å²) in [6.45, 7) is 3.87. The molecule has 1 aromatic heterocycles. The number of nitrogens with zero attached hydrogens (tertiary/aromatic N) is 2. The van der Waals surface area contributed by atoms with E-state index in [1.165, 1.54) is 41.3 Å². The molecule has 0 bridgehead atoms. The number of anilines is 2. The maximum Gasteiger partial charge on any atom is 0.271 e. The summed E-state index contributed by atoms with van der Waals surface area (Å²) in [6.07, 6.45) is 0.555. The van der Waals surface area contributed by atoms with Gasteiger partial charge in [0, 0.05) is 29.1 Å². The van der Waals surface area contributed by atoms with Crippen molar-refractivity contribution >= 4 is 62.2 Å². The Kier molecular flexibility index (Phi) is 7.42. The molecule has 178 valence electrons. The molecule has 0 fully saturated rings. The van der Waals surface area contributed by atoms with Gasteiger partial charge < -0.3 is 10.6 Å². The van der Waals surface area contributed by atoms with Crippen molar-refractivity contribution in [2.75, 3.05) is 10.6 Å². The zero-order valence-electron chi connectivity index (χ0n) is 19.0. The minimum absolute atomic E-state index is 0.0834. The Morgan fingerprint density at radius 1 is 1.06 bits per heavy atom. The predicted molar refractivity (Wildman–Crippen MR) is 140 cm³/mol. The van der Waals surface area contributed by atoms with Crippen LogP contribution in [-0.4, -0.2) is 27.0 Å². The van der Waals surface area contributed by atoms with E-state index in [0.717, 1.165) is 20.1 Å². The predicted octanol–water partition coefficient (Wildman–Crippen LogP) is 6.27. The Balaban J connectivity index is 1.44. The summed E-state index contributed by atoms with van der Waals surface area (Å²) >= 11 is 2.79. The minimum Gasteiger partial charge on any atom is -0.325 e. The van der Waals surface area contributed by atoms with E-state index in [2.05, 4.69) is 15.6 Å². The molecule has 1 atom stereocenters. The summed E-state index contributed by atoms with van der Waals surface area (Å²) < 4.78 is 1.62. The van der Waals surface area contributed by atoms with Crippen LogP contribution < -0.4 is 10.6 Å². The van der Waals surface area contributed by atoms with Gasteiger partial charge in [0.05, 0.1) is 20.4 Å². The molecule has 0 aliphatic rings. The van der Waals surface area contributed by atoms with Crippen LogP contribution in [0.15, 0.2) is 71.1 Å². The van der Waals surface area contributed by atoms with Crippen molar-refractivity contribution in [1.29, 1.82) is 0 Å². The fourth-order valence-corrected chi connectivity index (χ4v) is 5.58. The fraction of sp³-hybridized carbons (Fsp3) is 0.160. The van der Waals surface area contributed by atoms with Gasteiger partial charge in [-0.15, -0.1) is 11.3 Å². The molecule has 1 unspecified atom stereocenters. The van der Waals surface area contributed by atoms with Gasteiger partial charge in [0.15, 0.2) is 4.34 Å².